The van der Waals surface area contributed by atoms with E-state index < -0.39 is 0 Å². The molecule has 0 aliphatic carbocycles. The molecule has 13 nitrogen and oxygen atoms in total. The van der Waals surface area contributed by atoms with Crippen LogP contribution in [-0.2, 0) is 29.2 Å². The molecule has 3 heterocycles. The molecule has 286 valence electrons. The third kappa shape index (κ3) is 13.4. The molecule has 2 aromatic heterocycles. The van der Waals surface area contributed by atoms with E-state index in [0.29, 0.717) is 57.4 Å². The van der Waals surface area contributed by atoms with Gasteiger partial charge in [-0.3, -0.25) is 14.3 Å². The van der Waals surface area contributed by atoms with Crippen LogP contribution in [0.25, 0.3) is 10.9 Å². The predicted octanol–water partition coefficient (Wildman–Crippen LogP) is 5.26. The number of hydrogen-bond donors (Lipinski definition) is 5. The lowest BCUT2D eigenvalue weighted by atomic mass is 10.0. The fraction of sp³-hybridized carbons (Fsp3) is 0.550. The van der Waals surface area contributed by atoms with Crippen LogP contribution >= 0.6 is 0 Å². The molecule has 0 saturated carbocycles. The lowest BCUT2D eigenvalue weighted by Crippen LogP contribution is -2.42. The van der Waals surface area contributed by atoms with Crippen molar-refractivity contribution in [2.24, 2.45) is 0 Å². The second kappa shape index (κ2) is 21.8. The molecule has 1 aliphatic heterocycles. The summed E-state index contributed by atoms with van der Waals surface area (Å²) in [5.74, 6) is 1.39. The number of piperidine rings is 1. The number of rotatable bonds is 23. The molecular weight excluding hydrogens is 667 g/mol. The Balaban J connectivity index is 1.01. The number of fused-ring (bicyclic) bond motifs is 1. The average molecular weight is 726 g/mol. The maximum absolute atomic E-state index is 12.9. The zero-order chi connectivity index (χ0) is 37.1. The smallest absolute Gasteiger partial charge is 0.225 e. The molecule has 1 fully saturated rings. The molecule has 13 heteroatoms. The van der Waals surface area contributed by atoms with Crippen LogP contribution in [0, 0.1) is 0 Å². The number of nitrogens with one attached hydrogen (secondary N) is 5. The largest absolute Gasteiger partial charge is 0.367 e. The molecule has 1 atom stereocenters. The number of benzene rings is 2. The van der Waals surface area contributed by atoms with Gasteiger partial charge in [0.05, 0.1) is 18.3 Å². The first-order valence-electron chi connectivity index (χ1n) is 19.7. The Morgan fingerprint density at radius 1 is 0.887 bits per heavy atom. The number of hydrogen-bond acceptors (Lipinski definition) is 10. The van der Waals surface area contributed by atoms with E-state index in [1.165, 1.54) is 19.3 Å². The lowest BCUT2D eigenvalue weighted by molar-refractivity contribution is -0.132. The fourth-order valence-corrected chi connectivity index (χ4v) is 6.68. The number of aromatic nitrogens is 5. The monoisotopic (exact) mass is 725 g/mol. The van der Waals surface area contributed by atoms with E-state index >= 15 is 0 Å². The molecule has 5 N–H and O–H groups in total. The average Bonchev–Trinajstić information content (AvgIpc) is 3.65. The SMILES string of the molecule is CCCC(CC)NCCCNCCCn1cc(CNc2nc(NC3CCN(C(=O)CCCC(=O)NCc4ccccc4)CC3)c3ccccc3n2)nn1. The molecule has 1 saturated heterocycles. The molecule has 0 bridgehead atoms. The summed E-state index contributed by atoms with van der Waals surface area (Å²) in [6.45, 7) is 10.7. The topological polar surface area (TPSA) is 154 Å². The van der Waals surface area contributed by atoms with Crippen LogP contribution in [0.15, 0.2) is 60.8 Å². The molecule has 0 spiro atoms. The predicted molar refractivity (Wildman–Crippen MR) is 211 cm³/mol. The van der Waals surface area contributed by atoms with Crippen LogP contribution in [0.2, 0.25) is 0 Å². The van der Waals surface area contributed by atoms with Gasteiger partial charge in [0.1, 0.15) is 11.5 Å². The van der Waals surface area contributed by atoms with Gasteiger partial charge in [0.15, 0.2) is 0 Å². The molecule has 5 rings (SSSR count). The van der Waals surface area contributed by atoms with Gasteiger partial charge < -0.3 is 31.5 Å². The van der Waals surface area contributed by atoms with Gasteiger partial charge in [-0.2, -0.15) is 4.98 Å². The minimum Gasteiger partial charge on any atom is -0.367 e. The molecule has 0 radical (unpaired) electrons. The second-order valence-corrected chi connectivity index (χ2v) is 14.0. The molecule has 2 aromatic carbocycles. The standard InChI is InChI=1S/C40H59N11O2/c1-3-13-32(4-2)42-24-11-22-41-23-12-25-51-30-34(48-49-51)29-44-40-46-36-17-9-8-16-35(36)39(47-40)45-33-20-26-50(27-21-33)38(53)19-10-18-37(52)43-28-31-14-6-5-7-15-31/h5-9,14-17,30,32-33,41-42H,3-4,10-13,18-29H2,1-2H3,(H,43,52)(H2,44,45,46,47). The van der Waals surface area contributed by atoms with Crippen LogP contribution in [0.3, 0.4) is 0 Å². The minimum atomic E-state index is -0.0253. The van der Waals surface area contributed by atoms with Gasteiger partial charge in [0.2, 0.25) is 17.8 Å². The fourth-order valence-electron chi connectivity index (χ4n) is 6.68. The maximum Gasteiger partial charge on any atom is 0.225 e. The van der Waals surface area contributed by atoms with Gasteiger partial charge in [0.25, 0.3) is 0 Å². The molecule has 53 heavy (non-hydrogen) atoms. The van der Waals surface area contributed by atoms with Gasteiger partial charge in [-0.05, 0) is 82.3 Å². The van der Waals surface area contributed by atoms with E-state index in [4.69, 9.17) is 9.97 Å². The van der Waals surface area contributed by atoms with Crippen molar-refractivity contribution in [1.29, 1.82) is 0 Å². The number of anilines is 2. The summed E-state index contributed by atoms with van der Waals surface area (Å²) in [5.41, 5.74) is 2.75. The van der Waals surface area contributed by atoms with Crippen molar-refractivity contribution in [3.63, 3.8) is 0 Å². The summed E-state index contributed by atoms with van der Waals surface area (Å²) in [6.07, 6.45) is 10.7. The van der Waals surface area contributed by atoms with E-state index in [0.717, 1.165) is 79.8 Å². The van der Waals surface area contributed by atoms with Gasteiger partial charge in [-0.15, -0.1) is 5.10 Å². The van der Waals surface area contributed by atoms with E-state index in [9.17, 15) is 9.59 Å². The van der Waals surface area contributed by atoms with Gasteiger partial charge in [0, 0.05) is 56.5 Å². The van der Waals surface area contributed by atoms with Crippen LogP contribution in [0.5, 0.6) is 0 Å². The zero-order valence-electron chi connectivity index (χ0n) is 31.7. The van der Waals surface area contributed by atoms with Gasteiger partial charge in [-0.25, -0.2) is 4.98 Å². The first-order valence-corrected chi connectivity index (χ1v) is 19.7. The number of likely N-dealkylation sites (tertiary alicyclic amines) is 1. The van der Waals surface area contributed by atoms with Crippen LogP contribution in [0.1, 0.15) is 89.3 Å². The summed E-state index contributed by atoms with van der Waals surface area (Å²) >= 11 is 0. The Morgan fingerprint density at radius 2 is 1.68 bits per heavy atom. The van der Waals surface area contributed by atoms with E-state index in [-0.39, 0.29) is 17.9 Å². The number of aryl methyl sites for hydroxylation is 1. The van der Waals surface area contributed by atoms with Crippen molar-refractivity contribution in [2.75, 3.05) is 43.4 Å². The van der Waals surface area contributed by atoms with Gasteiger partial charge in [-0.1, -0.05) is 67.9 Å². The van der Waals surface area contributed by atoms with Crippen molar-refractivity contribution in [3.05, 3.63) is 72.1 Å². The van der Waals surface area contributed by atoms with Crippen molar-refractivity contribution in [3.8, 4) is 0 Å². The zero-order valence-corrected chi connectivity index (χ0v) is 31.7. The number of carbonyl (C=O) groups is 2. The molecule has 1 aliphatic rings. The van der Waals surface area contributed by atoms with Crippen LogP contribution < -0.4 is 26.6 Å². The first kappa shape index (κ1) is 39.6. The Hall–Kier alpha value is -4.62. The Morgan fingerprint density at radius 3 is 2.49 bits per heavy atom. The van der Waals surface area contributed by atoms with Crippen molar-refractivity contribution in [1.82, 2.24) is 45.8 Å². The Bertz CT molecular complexity index is 1670. The quantitative estimate of drug-likeness (QED) is 0.0640. The third-order valence-corrected chi connectivity index (χ3v) is 9.77. The number of para-hydroxylation sites is 1. The van der Waals surface area contributed by atoms with Crippen molar-refractivity contribution < 1.29 is 9.59 Å². The molecule has 1 unspecified atom stereocenters. The highest BCUT2D eigenvalue weighted by Crippen LogP contribution is 2.25. The first-order chi connectivity index (χ1) is 26.0. The molecule has 4 aromatic rings. The Labute approximate surface area is 314 Å². The van der Waals surface area contributed by atoms with E-state index in [1.54, 1.807) is 0 Å². The van der Waals surface area contributed by atoms with Crippen molar-refractivity contribution in [2.45, 2.75) is 110 Å². The minimum absolute atomic E-state index is 0.0253. The second-order valence-electron chi connectivity index (χ2n) is 14.0. The van der Waals surface area contributed by atoms with E-state index in [1.807, 2.05) is 70.4 Å². The normalized spacial score (nSPS) is 14.0. The number of carbonyl (C=O) groups excluding carboxylic acids is 2. The highest BCUT2D eigenvalue weighted by atomic mass is 16.2. The van der Waals surface area contributed by atoms with E-state index in [2.05, 4.69) is 50.7 Å². The summed E-state index contributed by atoms with van der Waals surface area (Å²) in [4.78, 5) is 36.7. The number of nitrogens with zero attached hydrogens (tertiary/aromatic N) is 6. The van der Waals surface area contributed by atoms with Gasteiger partial charge >= 0.3 is 0 Å². The summed E-state index contributed by atoms with van der Waals surface area (Å²) in [5, 5.41) is 26.8. The third-order valence-electron chi connectivity index (χ3n) is 9.77. The summed E-state index contributed by atoms with van der Waals surface area (Å²) < 4.78 is 1.89. The van der Waals surface area contributed by atoms with Crippen LogP contribution in [-0.4, -0.2) is 86.5 Å². The molecule has 2 amide bonds. The lowest BCUT2D eigenvalue weighted by Gasteiger charge is -2.33. The Kier molecular flexibility index (Phi) is 16.3. The van der Waals surface area contributed by atoms with Crippen LogP contribution in [0.4, 0.5) is 11.8 Å². The summed E-state index contributed by atoms with van der Waals surface area (Å²) in [6, 6.07) is 18.7. The maximum atomic E-state index is 12.9. The summed E-state index contributed by atoms with van der Waals surface area (Å²) in [7, 11) is 0. The highest BCUT2D eigenvalue weighted by Gasteiger charge is 2.24. The number of amides is 2. The molecular formula is C40H59N11O2. The highest BCUT2D eigenvalue weighted by molar-refractivity contribution is 5.90. The van der Waals surface area contributed by atoms with Crippen molar-refractivity contribution >= 4 is 34.5 Å².